The van der Waals surface area contributed by atoms with Crippen LogP contribution in [-0.2, 0) is 29.5 Å². The smallest absolute Gasteiger partial charge is 0.356 e. The Morgan fingerprint density at radius 3 is 2.84 bits per heavy atom. The lowest BCUT2D eigenvalue weighted by Gasteiger charge is -2.26. The molecule has 1 aromatic rings. The lowest BCUT2D eigenvalue weighted by molar-refractivity contribution is -0.129. The molecule has 0 spiro atoms. The highest BCUT2D eigenvalue weighted by atomic mass is 35.5. The Morgan fingerprint density at radius 1 is 1.47 bits per heavy atom. The van der Waals surface area contributed by atoms with Gasteiger partial charge >= 0.3 is 5.97 Å². The van der Waals surface area contributed by atoms with E-state index >= 15 is 0 Å². The molecule has 2 heterocycles. The van der Waals surface area contributed by atoms with Gasteiger partial charge in [-0.15, -0.1) is 11.6 Å². The largest absolute Gasteiger partial charge is 0.461 e. The monoisotopic (exact) mass is 285 g/mol. The van der Waals surface area contributed by atoms with Crippen molar-refractivity contribution in [2.24, 2.45) is 7.05 Å². The number of carbonyl (C=O) groups is 2. The van der Waals surface area contributed by atoms with Gasteiger partial charge in [0.05, 0.1) is 12.3 Å². The molecule has 1 aliphatic rings. The van der Waals surface area contributed by atoms with Crippen molar-refractivity contribution in [3.8, 4) is 0 Å². The zero-order chi connectivity index (χ0) is 14.0. The fourth-order valence-corrected chi connectivity index (χ4v) is 2.42. The summed E-state index contributed by atoms with van der Waals surface area (Å²) in [6.07, 6.45) is 0.630. The summed E-state index contributed by atoms with van der Waals surface area (Å²) >= 11 is 5.57. The number of hydrogen-bond donors (Lipinski definition) is 0. The number of aromatic nitrogens is 2. The van der Waals surface area contributed by atoms with Gasteiger partial charge in [0, 0.05) is 32.1 Å². The van der Waals surface area contributed by atoms with Crippen LogP contribution in [0.15, 0.2) is 0 Å². The zero-order valence-electron chi connectivity index (χ0n) is 11.0. The second kappa shape index (κ2) is 5.61. The van der Waals surface area contributed by atoms with Crippen LogP contribution in [0.4, 0.5) is 0 Å². The van der Waals surface area contributed by atoms with Crippen molar-refractivity contribution in [2.75, 3.05) is 19.0 Å². The normalized spacial score (nSPS) is 14.2. The molecule has 7 heteroatoms. The molecule has 0 bridgehead atoms. The van der Waals surface area contributed by atoms with E-state index in [9.17, 15) is 9.59 Å². The minimum Gasteiger partial charge on any atom is -0.461 e. The minimum absolute atomic E-state index is 0.0513. The number of halogens is 1. The van der Waals surface area contributed by atoms with Gasteiger partial charge in [-0.2, -0.15) is 5.10 Å². The van der Waals surface area contributed by atoms with Gasteiger partial charge in [-0.05, 0) is 6.92 Å². The molecular weight excluding hydrogens is 270 g/mol. The molecule has 1 aromatic heterocycles. The first-order chi connectivity index (χ1) is 9.08. The number of alkyl halides is 1. The summed E-state index contributed by atoms with van der Waals surface area (Å²) in [5.74, 6) is -0.588. The summed E-state index contributed by atoms with van der Waals surface area (Å²) in [4.78, 5) is 25.2. The molecule has 0 N–H and O–H groups in total. The third-order valence-corrected chi connectivity index (χ3v) is 3.36. The fourth-order valence-electron chi connectivity index (χ4n) is 2.25. The Hall–Kier alpha value is -1.56. The molecule has 0 aliphatic carbocycles. The summed E-state index contributed by atoms with van der Waals surface area (Å²) in [6.45, 7) is 3.01. The van der Waals surface area contributed by atoms with E-state index in [2.05, 4.69) is 5.10 Å². The summed E-state index contributed by atoms with van der Waals surface area (Å²) in [5.41, 5.74) is 2.04. The highest BCUT2D eigenvalue weighted by Crippen LogP contribution is 2.22. The van der Waals surface area contributed by atoms with Crippen molar-refractivity contribution < 1.29 is 14.3 Å². The molecule has 1 aliphatic heterocycles. The van der Waals surface area contributed by atoms with E-state index < -0.39 is 5.97 Å². The van der Waals surface area contributed by atoms with Crippen LogP contribution in [0.25, 0.3) is 0 Å². The van der Waals surface area contributed by atoms with Gasteiger partial charge in [0.25, 0.3) is 0 Å². The number of carbonyl (C=O) groups excluding carboxylic acids is 2. The minimum atomic E-state index is -0.404. The highest BCUT2D eigenvalue weighted by Gasteiger charge is 2.29. The van der Waals surface area contributed by atoms with Gasteiger partial charge in [-0.3, -0.25) is 9.48 Å². The Bertz CT molecular complexity index is 513. The van der Waals surface area contributed by atoms with Crippen LogP contribution in [0.3, 0.4) is 0 Å². The Kier molecular flexibility index (Phi) is 4.09. The van der Waals surface area contributed by atoms with E-state index in [1.807, 2.05) is 0 Å². The van der Waals surface area contributed by atoms with Gasteiger partial charge in [0.15, 0.2) is 5.69 Å². The molecule has 1 amide bonds. The predicted molar refractivity (Wildman–Crippen MR) is 69.0 cm³/mol. The van der Waals surface area contributed by atoms with Crippen LogP contribution >= 0.6 is 11.6 Å². The summed E-state index contributed by atoms with van der Waals surface area (Å²) in [7, 11) is 1.71. The van der Waals surface area contributed by atoms with E-state index in [1.165, 1.54) is 4.68 Å². The Labute approximate surface area is 116 Å². The van der Waals surface area contributed by atoms with E-state index in [4.69, 9.17) is 16.3 Å². The first-order valence-electron chi connectivity index (χ1n) is 6.14. The lowest BCUT2D eigenvalue weighted by Crippen LogP contribution is -2.37. The van der Waals surface area contributed by atoms with Gasteiger partial charge in [0.1, 0.15) is 5.88 Å². The summed E-state index contributed by atoms with van der Waals surface area (Å²) in [5, 5.41) is 4.32. The molecule has 104 valence electrons. The number of aryl methyl sites for hydroxylation is 1. The Balaban J connectivity index is 2.31. The third kappa shape index (κ3) is 2.58. The van der Waals surface area contributed by atoms with Crippen molar-refractivity contribution >= 4 is 23.5 Å². The SMILES string of the molecule is CCOC(=O)c1c2c(nn1C)CCN(C(=O)CCl)C2. The van der Waals surface area contributed by atoms with Crippen LogP contribution < -0.4 is 0 Å². The standard InChI is InChI=1S/C12H16ClN3O3/c1-3-19-12(18)11-8-7-16(10(17)6-13)5-4-9(8)14-15(11)2/h3-7H2,1-2H3. The fraction of sp³-hybridized carbons (Fsp3) is 0.583. The molecule has 0 radical (unpaired) electrons. The van der Waals surface area contributed by atoms with Gasteiger partial charge in [-0.25, -0.2) is 4.79 Å². The van der Waals surface area contributed by atoms with E-state index in [0.29, 0.717) is 31.8 Å². The van der Waals surface area contributed by atoms with Gasteiger partial charge < -0.3 is 9.64 Å². The molecule has 2 rings (SSSR count). The number of hydrogen-bond acceptors (Lipinski definition) is 4. The van der Waals surface area contributed by atoms with E-state index in [-0.39, 0.29) is 11.8 Å². The quantitative estimate of drug-likeness (QED) is 0.606. The van der Waals surface area contributed by atoms with E-state index in [1.54, 1.807) is 18.9 Å². The number of fused-ring (bicyclic) bond motifs is 1. The molecule has 0 unspecified atom stereocenters. The molecule has 0 aromatic carbocycles. The molecule has 0 saturated carbocycles. The maximum atomic E-state index is 11.9. The first kappa shape index (κ1) is 13.9. The molecule has 19 heavy (non-hydrogen) atoms. The second-order valence-electron chi connectivity index (χ2n) is 4.32. The maximum Gasteiger partial charge on any atom is 0.356 e. The number of ether oxygens (including phenoxy) is 1. The molecule has 0 saturated heterocycles. The van der Waals surface area contributed by atoms with E-state index in [0.717, 1.165) is 11.3 Å². The van der Waals surface area contributed by atoms with Crippen molar-refractivity contribution in [3.63, 3.8) is 0 Å². The summed E-state index contributed by atoms with van der Waals surface area (Å²) < 4.78 is 6.55. The van der Waals surface area contributed by atoms with Crippen molar-refractivity contribution in [3.05, 3.63) is 17.0 Å². The molecule has 0 atom stereocenters. The second-order valence-corrected chi connectivity index (χ2v) is 4.58. The molecule has 6 nitrogen and oxygen atoms in total. The number of amides is 1. The third-order valence-electron chi connectivity index (χ3n) is 3.13. The number of nitrogens with zero attached hydrogens (tertiary/aromatic N) is 3. The van der Waals surface area contributed by atoms with Crippen LogP contribution in [-0.4, -0.2) is 45.6 Å². The number of rotatable bonds is 3. The maximum absolute atomic E-state index is 11.9. The van der Waals surface area contributed by atoms with Gasteiger partial charge in [0.2, 0.25) is 5.91 Å². The average molecular weight is 286 g/mol. The highest BCUT2D eigenvalue weighted by molar-refractivity contribution is 6.27. The van der Waals surface area contributed by atoms with Crippen molar-refractivity contribution in [1.82, 2.24) is 14.7 Å². The van der Waals surface area contributed by atoms with Crippen molar-refractivity contribution in [1.29, 1.82) is 0 Å². The van der Waals surface area contributed by atoms with Crippen LogP contribution in [0.5, 0.6) is 0 Å². The summed E-state index contributed by atoms with van der Waals surface area (Å²) in [6, 6.07) is 0. The van der Waals surface area contributed by atoms with Crippen LogP contribution in [0.2, 0.25) is 0 Å². The molecule has 0 fully saturated rings. The average Bonchev–Trinajstić information content (AvgIpc) is 2.72. The predicted octanol–water partition coefficient (Wildman–Crippen LogP) is 0.720. The van der Waals surface area contributed by atoms with Gasteiger partial charge in [-0.1, -0.05) is 0 Å². The Morgan fingerprint density at radius 2 is 2.21 bits per heavy atom. The van der Waals surface area contributed by atoms with Crippen LogP contribution in [0, 0.1) is 0 Å². The molecular formula is C12H16ClN3O3. The topological polar surface area (TPSA) is 64.4 Å². The van der Waals surface area contributed by atoms with Crippen molar-refractivity contribution in [2.45, 2.75) is 19.9 Å². The zero-order valence-corrected chi connectivity index (χ0v) is 11.7. The first-order valence-corrected chi connectivity index (χ1v) is 6.67. The van der Waals surface area contributed by atoms with Crippen LogP contribution in [0.1, 0.15) is 28.7 Å². The lowest BCUT2D eigenvalue weighted by atomic mass is 10.1. The number of esters is 1.